The highest BCUT2D eigenvalue weighted by Crippen LogP contribution is 2.27. The molecule has 3 heteroatoms. The minimum absolute atomic E-state index is 0.522. The molecular formula is C13H16N2S. The van der Waals surface area contributed by atoms with Crippen molar-refractivity contribution in [2.24, 2.45) is 0 Å². The summed E-state index contributed by atoms with van der Waals surface area (Å²) in [5.74, 6) is 2.31. The van der Waals surface area contributed by atoms with Crippen LogP contribution in [0.5, 0.6) is 0 Å². The molecule has 2 rings (SSSR count). The Balaban J connectivity index is 2.35. The number of rotatable bonds is 1. The molecule has 1 atom stereocenters. The molecule has 0 bridgehead atoms. The maximum absolute atomic E-state index is 9.18. The minimum atomic E-state index is 0.522. The summed E-state index contributed by atoms with van der Waals surface area (Å²) in [6.45, 7) is 5.30. The maximum Gasteiger partial charge on any atom is 0.101 e. The number of nitrogens with zero attached hydrogens (tertiary/aromatic N) is 2. The number of aryl methyl sites for hydroxylation is 1. The Morgan fingerprint density at radius 1 is 1.50 bits per heavy atom. The average molecular weight is 232 g/mol. The first-order valence-electron chi connectivity index (χ1n) is 5.57. The Labute approximate surface area is 101 Å². The lowest BCUT2D eigenvalue weighted by Gasteiger charge is -2.35. The van der Waals surface area contributed by atoms with Crippen molar-refractivity contribution in [3.05, 3.63) is 29.3 Å². The van der Waals surface area contributed by atoms with Gasteiger partial charge in [0.15, 0.2) is 0 Å². The van der Waals surface area contributed by atoms with E-state index in [2.05, 4.69) is 30.0 Å². The number of nitriles is 1. The van der Waals surface area contributed by atoms with Gasteiger partial charge in [0.05, 0.1) is 11.3 Å². The molecule has 1 aromatic rings. The van der Waals surface area contributed by atoms with E-state index in [9.17, 15) is 5.26 Å². The van der Waals surface area contributed by atoms with Gasteiger partial charge in [0.2, 0.25) is 0 Å². The van der Waals surface area contributed by atoms with E-state index in [0.29, 0.717) is 6.04 Å². The molecule has 0 N–H and O–H groups in total. The Morgan fingerprint density at radius 3 is 3.00 bits per heavy atom. The van der Waals surface area contributed by atoms with Gasteiger partial charge in [-0.25, -0.2) is 0 Å². The van der Waals surface area contributed by atoms with Crippen molar-refractivity contribution in [3.8, 4) is 6.07 Å². The molecule has 1 aromatic carbocycles. The van der Waals surface area contributed by atoms with Gasteiger partial charge in [-0.15, -0.1) is 0 Å². The Kier molecular flexibility index (Phi) is 3.40. The first-order chi connectivity index (χ1) is 7.72. The molecule has 2 nitrogen and oxygen atoms in total. The minimum Gasteiger partial charge on any atom is -0.366 e. The Hall–Kier alpha value is -1.14. The summed E-state index contributed by atoms with van der Waals surface area (Å²) in [5, 5.41) is 9.18. The first-order valence-corrected chi connectivity index (χ1v) is 6.73. The fraction of sp³-hybridized carbons (Fsp3) is 0.462. The molecule has 1 unspecified atom stereocenters. The van der Waals surface area contributed by atoms with Gasteiger partial charge >= 0.3 is 0 Å². The van der Waals surface area contributed by atoms with E-state index in [1.807, 2.05) is 24.8 Å². The second-order valence-electron chi connectivity index (χ2n) is 4.25. The Bertz CT molecular complexity index is 422. The van der Waals surface area contributed by atoms with Crippen LogP contribution in [0.3, 0.4) is 0 Å². The summed E-state index contributed by atoms with van der Waals surface area (Å²) in [6.07, 6.45) is 0. The number of anilines is 1. The van der Waals surface area contributed by atoms with Gasteiger partial charge in [0, 0.05) is 24.1 Å². The van der Waals surface area contributed by atoms with E-state index < -0.39 is 0 Å². The third kappa shape index (κ3) is 2.17. The lowest BCUT2D eigenvalue weighted by molar-refractivity contribution is 0.699. The molecule has 0 saturated carbocycles. The number of thioether (sulfide) groups is 1. The van der Waals surface area contributed by atoms with E-state index in [-0.39, 0.29) is 0 Å². The molecule has 0 amide bonds. The van der Waals surface area contributed by atoms with Crippen molar-refractivity contribution in [2.45, 2.75) is 19.9 Å². The second-order valence-corrected chi connectivity index (χ2v) is 5.40. The van der Waals surface area contributed by atoms with Crippen molar-refractivity contribution in [2.75, 3.05) is 23.0 Å². The van der Waals surface area contributed by atoms with Gasteiger partial charge in [-0.05, 0) is 31.5 Å². The summed E-state index contributed by atoms with van der Waals surface area (Å²) in [4.78, 5) is 2.36. The van der Waals surface area contributed by atoms with Gasteiger partial charge in [-0.3, -0.25) is 0 Å². The standard InChI is InChI=1S/C13H16N2S/c1-10-3-4-13(12(7-10)8-14)15-5-6-16-9-11(15)2/h3-4,7,11H,5-6,9H2,1-2H3. The number of hydrogen-bond donors (Lipinski definition) is 0. The molecule has 84 valence electrons. The van der Waals surface area contributed by atoms with Crippen LogP contribution in [0, 0.1) is 18.3 Å². The van der Waals surface area contributed by atoms with Crippen LogP contribution in [0.2, 0.25) is 0 Å². The highest BCUT2D eigenvalue weighted by molar-refractivity contribution is 7.99. The zero-order valence-corrected chi connectivity index (χ0v) is 10.5. The predicted molar refractivity (Wildman–Crippen MR) is 70.0 cm³/mol. The van der Waals surface area contributed by atoms with Crippen molar-refractivity contribution in [1.29, 1.82) is 5.26 Å². The molecule has 1 aliphatic heterocycles. The van der Waals surface area contributed by atoms with Gasteiger partial charge in [-0.1, -0.05) is 6.07 Å². The van der Waals surface area contributed by atoms with E-state index in [1.165, 1.54) is 0 Å². The molecular weight excluding hydrogens is 216 g/mol. The third-order valence-corrected chi connectivity index (χ3v) is 4.14. The van der Waals surface area contributed by atoms with E-state index >= 15 is 0 Å². The second kappa shape index (κ2) is 4.80. The summed E-state index contributed by atoms with van der Waals surface area (Å²) in [6, 6.07) is 8.98. The van der Waals surface area contributed by atoms with Gasteiger partial charge in [0.25, 0.3) is 0 Å². The third-order valence-electron chi connectivity index (χ3n) is 2.95. The fourth-order valence-electron chi connectivity index (χ4n) is 2.07. The smallest absolute Gasteiger partial charge is 0.101 e. The van der Waals surface area contributed by atoms with Crippen molar-refractivity contribution < 1.29 is 0 Å². The summed E-state index contributed by atoms with van der Waals surface area (Å²) < 4.78 is 0. The van der Waals surface area contributed by atoms with Crippen molar-refractivity contribution >= 4 is 17.4 Å². The normalized spacial score (nSPS) is 20.6. The molecule has 1 saturated heterocycles. The van der Waals surface area contributed by atoms with Crippen LogP contribution in [-0.4, -0.2) is 24.1 Å². The van der Waals surface area contributed by atoms with Gasteiger partial charge in [-0.2, -0.15) is 17.0 Å². The highest BCUT2D eigenvalue weighted by Gasteiger charge is 2.20. The van der Waals surface area contributed by atoms with Crippen molar-refractivity contribution in [3.63, 3.8) is 0 Å². The average Bonchev–Trinajstić information content (AvgIpc) is 2.30. The van der Waals surface area contributed by atoms with Crippen LogP contribution in [0.25, 0.3) is 0 Å². The molecule has 0 spiro atoms. The highest BCUT2D eigenvalue weighted by atomic mass is 32.2. The summed E-state index contributed by atoms with van der Waals surface area (Å²) in [7, 11) is 0. The summed E-state index contributed by atoms with van der Waals surface area (Å²) >= 11 is 1.99. The molecule has 0 radical (unpaired) electrons. The molecule has 0 aliphatic carbocycles. The lowest BCUT2D eigenvalue weighted by Crippen LogP contribution is -2.40. The predicted octanol–water partition coefficient (Wildman–Crippen LogP) is 2.81. The van der Waals surface area contributed by atoms with Crippen LogP contribution in [0.4, 0.5) is 5.69 Å². The van der Waals surface area contributed by atoms with Crippen LogP contribution in [-0.2, 0) is 0 Å². The molecule has 1 fully saturated rings. The Morgan fingerprint density at radius 2 is 2.31 bits per heavy atom. The zero-order chi connectivity index (χ0) is 11.5. The summed E-state index contributed by atoms with van der Waals surface area (Å²) in [5.41, 5.74) is 3.05. The van der Waals surface area contributed by atoms with E-state index in [1.54, 1.807) is 0 Å². The van der Waals surface area contributed by atoms with E-state index in [0.717, 1.165) is 34.9 Å². The zero-order valence-electron chi connectivity index (χ0n) is 9.73. The topological polar surface area (TPSA) is 27.0 Å². The number of benzene rings is 1. The van der Waals surface area contributed by atoms with Crippen LogP contribution < -0.4 is 4.90 Å². The monoisotopic (exact) mass is 232 g/mol. The van der Waals surface area contributed by atoms with Gasteiger partial charge in [0.1, 0.15) is 6.07 Å². The number of hydrogen-bond acceptors (Lipinski definition) is 3. The molecule has 16 heavy (non-hydrogen) atoms. The molecule has 0 aromatic heterocycles. The maximum atomic E-state index is 9.18. The quantitative estimate of drug-likeness (QED) is 0.745. The van der Waals surface area contributed by atoms with Crippen molar-refractivity contribution in [1.82, 2.24) is 0 Å². The van der Waals surface area contributed by atoms with E-state index in [4.69, 9.17) is 0 Å². The first kappa shape index (κ1) is 11.3. The molecule has 1 aliphatic rings. The van der Waals surface area contributed by atoms with Crippen LogP contribution in [0.1, 0.15) is 18.1 Å². The van der Waals surface area contributed by atoms with Gasteiger partial charge < -0.3 is 4.90 Å². The SMILES string of the molecule is Cc1ccc(N2CCSCC2C)c(C#N)c1. The lowest BCUT2D eigenvalue weighted by atomic mass is 10.1. The molecule has 1 heterocycles. The largest absolute Gasteiger partial charge is 0.366 e. The fourth-order valence-corrected chi connectivity index (χ4v) is 3.09. The van der Waals surface area contributed by atoms with Crippen LogP contribution in [0.15, 0.2) is 18.2 Å². The van der Waals surface area contributed by atoms with Crippen LogP contribution >= 0.6 is 11.8 Å².